The van der Waals surface area contributed by atoms with E-state index in [9.17, 15) is 4.39 Å². The molecule has 2 aromatic carbocycles. The summed E-state index contributed by atoms with van der Waals surface area (Å²) in [6.07, 6.45) is 0. The van der Waals surface area contributed by atoms with E-state index in [1.807, 2.05) is 48.9 Å². The Hall–Kier alpha value is -2.62. The molecule has 0 amide bonds. The van der Waals surface area contributed by atoms with Crippen molar-refractivity contribution in [2.45, 2.75) is 6.92 Å². The summed E-state index contributed by atoms with van der Waals surface area (Å²) in [7, 11) is 1.88. The van der Waals surface area contributed by atoms with Gasteiger partial charge >= 0.3 is 0 Å². The molecule has 21 heavy (non-hydrogen) atoms. The van der Waals surface area contributed by atoms with E-state index in [0.29, 0.717) is 11.5 Å². The smallest absolute Gasteiger partial charge is 0.142 e. The van der Waals surface area contributed by atoms with E-state index in [4.69, 9.17) is 5.73 Å². The normalized spacial score (nSPS) is 10.8. The molecular formula is C17H16FN3. The summed E-state index contributed by atoms with van der Waals surface area (Å²) in [5.41, 5.74) is 9.55. The van der Waals surface area contributed by atoms with Crippen molar-refractivity contribution in [3.63, 3.8) is 0 Å². The number of anilines is 1. The van der Waals surface area contributed by atoms with Gasteiger partial charge in [0.1, 0.15) is 23.2 Å². The quantitative estimate of drug-likeness (QED) is 0.776. The molecule has 3 aromatic rings. The zero-order valence-corrected chi connectivity index (χ0v) is 12.0. The second-order valence-corrected chi connectivity index (χ2v) is 5.05. The van der Waals surface area contributed by atoms with Crippen LogP contribution in [0.5, 0.6) is 0 Å². The van der Waals surface area contributed by atoms with Crippen LogP contribution in [0.3, 0.4) is 0 Å². The number of hydrogen-bond donors (Lipinski definition) is 1. The molecule has 0 saturated heterocycles. The van der Waals surface area contributed by atoms with Gasteiger partial charge in [-0.2, -0.15) is 0 Å². The van der Waals surface area contributed by atoms with Crippen molar-refractivity contribution >= 4 is 5.82 Å². The molecule has 0 unspecified atom stereocenters. The third-order valence-corrected chi connectivity index (χ3v) is 3.61. The Balaban J connectivity index is 2.17. The Morgan fingerprint density at radius 3 is 2.48 bits per heavy atom. The van der Waals surface area contributed by atoms with Crippen molar-refractivity contribution in [3.8, 4) is 22.6 Å². The Labute approximate surface area is 122 Å². The third kappa shape index (κ3) is 2.29. The Bertz CT molecular complexity index is 791. The topological polar surface area (TPSA) is 43.8 Å². The van der Waals surface area contributed by atoms with Gasteiger partial charge in [-0.1, -0.05) is 30.3 Å². The van der Waals surface area contributed by atoms with Crippen molar-refractivity contribution in [1.29, 1.82) is 0 Å². The molecule has 0 spiro atoms. The first-order valence-corrected chi connectivity index (χ1v) is 6.72. The summed E-state index contributed by atoms with van der Waals surface area (Å²) in [6, 6.07) is 14.5. The summed E-state index contributed by atoms with van der Waals surface area (Å²) in [5, 5.41) is 0. The van der Waals surface area contributed by atoms with Gasteiger partial charge in [0.2, 0.25) is 0 Å². The largest absolute Gasteiger partial charge is 0.383 e. The Morgan fingerprint density at radius 1 is 1.10 bits per heavy atom. The second kappa shape index (κ2) is 5.05. The van der Waals surface area contributed by atoms with E-state index in [2.05, 4.69) is 4.98 Å². The number of hydrogen-bond acceptors (Lipinski definition) is 2. The van der Waals surface area contributed by atoms with Crippen LogP contribution in [0.1, 0.15) is 5.56 Å². The van der Waals surface area contributed by atoms with E-state index in [1.54, 1.807) is 6.07 Å². The maximum atomic E-state index is 13.3. The molecule has 0 radical (unpaired) electrons. The highest BCUT2D eigenvalue weighted by Gasteiger charge is 2.16. The zero-order chi connectivity index (χ0) is 15.0. The molecule has 0 aliphatic heterocycles. The molecule has 1 aromatic heterocycles. The lowest BCUT2D eigenvalue weighted by atomic mass is 10.1. The van der Waals surface area contributed by atoms with Crippen LogP contribution in [0, 0.1) is 12.7 Å². The second-order valence-electron chi connectivity index (χ2n) is 5.05. The number of halogens is 1. The van der Waals surface area contributed by atoms with Gasteiger partial charge in [-0.25, -0.2) is 9.37 Å². The molecule has 3 rings (SSSR count). The lowest BCUT2D eigenvalue weighted by Crippen LogP contribution is -1.99. The number of nitrogens with zero attached hydrogens (tertiary/aromatic N) is 2. The molecule has 0 aliphatic carbocycles. The number of benzene rings is 2. The summed E-state index contributed by atoms with van der Waals surface area (Å²) >= 11 is 0. The van der Waals surface area contributed by atoms with Crippen LogP contribution in [0.2, 0.25) is 0 Å². The van der Waals surface area contributed by atoms with Gasteiger partial charge in [-0.3, -0.25) is 0 Å². The zero-order valence-electron chi connectivity index (χ0n) is 12.0. The van der Waals surface area contributed by atoms with Gasteiger partial charge < -0.3 is 10.3 Å². The fraction of sp³-hybridized carbons (Fsp3) is 0.118. The number of aromatic nitrogens is 2. The lowest BCUT2D eigenvalue weighted by molar-refractivity contribution is 0.627. The molecule has 1 heterocycles. The van der Waals surface area contributed by atoms with Gasteiger partial charge in [0.05, 0.1) is 0 Å². The van der Waals surface area contributed by atoms with Crippen molar-refractivity contribution in [2.24, 2.45) is 7.05 Å². The van der Waals surface area contributed by atoms with Crippen LogP contribution in [0.4, 0.5) is 10.2 Å². The van der Waals surface area contributed by atoms with Crippen LogP contribution in [0.25, 0.3) is 22.6 Å². The number of rotatable bonds is 2. The maximum Gasteiger partial charge on any atom is 0.142 e. The van der Waals surface area contributed by atoms with Crippen LogP contribution in [0.15, 0.2) is 48.5 Å². The molecule has 0 fully saturated rings. The lowest BCUT2D eigenvalue weighted by Gasteiger charge is -2.04. The minimum Gasteiger partial charge on any atom is -0.383 e. The van der Waals surface area contributed by atoms with E-state index < -0.39 is 0 Å². The molecule has 0 aliphatic rings. The number of nitrogen functional groups attached to an aromatic ring is 1. The minimum absolute atomic E-state index is 0.256. The summed E-state index contributed by atoms with van der Waals surface area (Å²) in [5.74, 6) is 1.12. The van der Waals surface area contributed by atoms with Crippen molar-refractivity contribution in [2.75, 3.05) is 5.73 Å². The van der Waals surface area contributed by atoms with Crippen molar-refractivity contribution in [1.82, 2.24) is 9.55 Å². The standard InChI is InChI=1S/C17H16FN3/c1-11-10-13(18)8-9-14(11)15-16(19)21(2)17(20-15)12-6-4-3-5-7-12/h3-10H,19H2,1-2H3. The highest BCUT2D eigenvalue weighted by Crippen LogP contribution is 2.32. The van der Waals surface area contributed by atoms with Crippen LogP contribution < -0.4 is 5.73 Å². The maximum absolute atomic E-state index is 13.3. The van der Waals surface area contributed by atoms with E-state index in [1.165, 1.54) is 12.1 Å². The van der Waals surface area contributed by atoms with Crippen LogP contribution in [-0.2, 0) is 7.05 Å². The highest BCUT2D eigenvalue weighted by atomic mass is 19.1. The van der Waals surface area contributed by atoms with Crippen LogP contribution in [-0.4, -0.2) is 9.55 Å². The molecule has 0 saturated carbocycles. The van der Waals surface area contributed by atoms with E-state index >= 15 is 0 Å². The minimum atomic E-state index is -0.256. The molecule has 3 nitrogen and oxygen atoms in total. The first-order chi connectivity index (χ1) is 10.1. The highest BCUT2D eigenvalue weighted by molar-refractivity contribution is 5.77. The fourth-order valence-corrected chi connectivity index (χ4v) is 2.45. The number of nitrogens with two attached hydrogens (primary N) is 1. The van der Waals surface area contributed by atoms with Gasteiger partial charge in [-0.15, -0.1) is 0 Å². The first-order valence-electron chi connectivity index (χ1n) is 6.72. The predicted molar refractivity (Wildman–Crippen MR) is 83.2 cm³/mol. The number of imidazole rings is 1. The molecule has 0 bridgehead atoms. The Kier molecular flexibility index (Phi) is 3.22. The van der Waals surface area contributed by atoms with E-state index in [-0.39, 0.29) is 5.82 Å². The molecule has 4 heteroatoms. The van der Waals surface area contributed by atoms with E-state index in [0.717, 1.165) is 22.5 Å². The van der Waals surface area contributed by atoms with Crippen molar-refractivity contribution < 1.29 is 4.39 Å². The molecule has 106 valence electrons. The SMILES string of the molecule is Cc1cc(F)ccc1-c1nc(-c2ccccc2)n(C)c1N. The van der Waals surface area contributed by atoms with Gasteiger partial charge in [0.15, 0.2) is 0 Å². The third-order valence-electron chi connectivity index (χ3n) is 3.61. The summed E-state index contributed by atoms with van der Waals surface area (Å²) in [4.78, 5) is 4.66. The first kappa shape index (κ1) is 13.4. The van der Waals surface area contributed by atoms with Gasteiger partial charge in [0, 0.05) is 18.2 Å². The summed E-state index contributed by atoms with van der Waals surface area (Å²) in [6.45, 7) is 1.86. The molecule has 2 N–H and O–H groups in total. The van der Waals surface area contributed by atoms with Gasteiger partial charge in [-0.05, 0) is 30.7 Å². The average molecular weight is 281 g/mol. The number of aryl methyl sites for hydroxylation is 1. The van der Waals surface area contributed by atoms with Crippen molar-refractivity contribution in [3.05, 3.63) is 59.9 Å². The monoisotopic (exact) mass is 281 g/mol. The Morgan fingerprint density at radius 2 is 1.81 bits per heavy atom. The summed E-state index contributed by atoms with van der Waals surface area (Å²) < 4.78 is 15.1. The fourth-order valence-electron chi connectivity index (χ4n) is 2.45. The molecule has 0 atom stereocenters. The van der Waals surface area contributed by atoms with Gasteiger partial charge in [0.25, 0.3) is 0 Å². The average Bonchev–Trinajstić information content (AvgIpc) is 2.77. The predicted octanol–water partition coefficient (Wildman–Crippen LogP) is 3.78. The van der Waals surface area contributed by atoms with Crippen LogP contribution >= 0.6 is 0 Å². The molecular weight excluding hydrogens is 265 g/mol.